The van der Waals surface area contributed by atoms with Gasteiger partial charge in [0.25, 0.3) is 0 Å². The molecular formula is C23H35NO3S2. The summed E-state index contributed by atoms with van der Waals surface area (Å²) < 4.78 is 6.29. The minimum atomic E-state index is -0.283. The molecule has 1 aromatic carbocycles. The maximum Gasteiger partial charge on any atom is 0.243 e. The van der Waals surface area contributed by atoms with Crippen LogP contribution in [0.2, 0.25) is 0 Å². The monoisotopic (exact) mass is 437 g/mol. The summed E-state index contributed by atoms with van der Waals surface area (Å²) in [5.74, 6) is 4.69. The molecule has 2 bridgehead atoms. The Morgan fingerprint density at radius 3 is 2.55 bits per heavy atom. The molecule has 1 amide bonds. The van der Waals surface area contributed by atoms with E-state index in [0.29, 0.717) is 23.9 Å². The van der Waals surface area contributed by atoms with Crippen molar-refractivity contribution in [3.63, 3.8) is 0 Å². The third-order valence-electron chi connectivity index (χ3n) is 6.29. The molecule has 5 unspecified atom stereocenters. The summed E-state index contributed by atoms with van der Waals surface area (Å²) in [6.07, 6.45) is 8.29. The van der Waals surface area contributed by atoms with Crippen LogP contribution in [-0.2, 0) is 15.3 Å². The van der Waals surface area contributed by atoms with Crippen molar-refractivity contribution in [3.8, 4) is 0 Å². The number of fused-ring (bicyclic) bond motifs is 2. The number of hydrogen-bond acceptors (Lipinski definition) is 5. The predicted octanol–water partition coefficient (Wildman–Crippen LogP) is 5.29. The summed E-state index contributed by atoms with van der Waals surface area (Å²) in [5, 5.41) is 9.11. The van der Waals surface area contributed by atoms with Gasteiger partial charge in [0.15, 0.2) is 0 Å². The molecule has 2 N–H and O–H groups in total. The van der Waals surface area contributed by atoms with Gasteiger partial charge in [-0.15, -0.1) is 0 Å². The van der Waals surface area contributed by atoms with Crippen LogP contribution in [0.1, 0.15) is 57.4 Å². The van der Waals surface area contributed by atoms with Crippen molar-refractivity contribution in [3.05, 3.63) is 35.9 Å². The number of carbonyl (C=O) groups excluding carboxylic acids is 1. The van der Waals surface area contributed by atoms with E-state index in [1.54, 1.807) is 5.48 Å². The summed E-state index contributed by atoms with van der Waals surface area (Å²) in [4.78, 5) is 11.1. The summed E-state index contributed by atoms with van der Waals surface area (Å²) in [5.41, 5.74) is 3.12. The van der Waals surface area contributed by atoms with E-state index in [9.17, 15) is 4.79 Å². The van der Waals surface area contributed by atoms with Crippen molar-refractivity contribution in [2.75, 3.05) is 11.5 Å². The second kappa shape index (κ2) is 12.2. The van der Waals surface area contributed by atoms with Gasteiger partial charge in [-0.05, 0) is 67.4 Å². The number of carbonyl (C=O) groups is 1. The van der Waals surface area contributed by atoms with E-state index in [-0.39, 0.29) is 5.91 Å². The summed E-state index contributed by atoms with van der Waals surface area (Å²) >= 11 is 4.08. The Morgan fingerprint density at radius 2 is 1.86 bits per heavy atom. The minimum absolute atomic E-state index is 0.283. The van der Waals surface area contributed by atoms with E-state index in [1.165, 1.54) is 42.8 Å². The molecule has 0 aromatic heterocycles. The molecule has 0 aliphatic carbocycles. The fourth-order valence-electron chi connectivity index (χ4n) is 4.75. The number of amides is 1. The summed E-state index contributed by atoms with van der Waals surface area (Å²) in [6, 6.07) is 10.7. The second-order valence-corrected chi connectivity index (χ2v) is 11.0. The summed E-state index contributed by atoms with van der Waals surface area (Å²) in [7, 11) is 0. The summed E-state index contributed by atoms with van der Waals surface area (Å²) in [6.45, 7) is 2.25. The Labute approximate surface area is 183 Å². The molecule has 2 heterocycles. The van der Waals surface area contributed by atoms with Crippen LogP contribution in [0, 0.1) is 11.8 Å². The normalized spacial score (nSPS) is 26.6. The molecule has 1 aromatic rings. The van der Waals surface area contributed by atoms with Gasteiger partial charge in [-0.25, -0.2) is 5.48 Å². The fraction of sp³-hybridized carbons (Fsp3) is 0.696. The fourth-order valence-corrected chi connectivity index (χ4v) is 6.90. The Balaban J connectivity index is 1.33. The smallest absolute Gasteiger partial charge is 0.243 e. The highest BCUT2D eigenvalue weighted by Crippen LogP contribution is 2.47. The zero-order valence-corrected chi connectivity index (χ0v) is 19.1. The number of benzene rings is 1. The van der Waals surface area contributed by atoms with Gasteiger partial charge in [0.2, 0.25) is 5.91 Å². The van der Waals surface area contributed by atoms with E-state index >= 15 is 0 Å². The Morgan fingerprint density at radius 1 is 1.17 bits per heavy atom. The Hall–Kier alpha value is -0.690. The number of ether oxygens (including phenoxy) is 1. The van der Waals surface area contributed by atoms with Gasteiger partial charge < -0.3 is 4.74 Å². The van der Waals surface area contributed by atoms with Crippen molar-refractivity contribution >= 4 is 29.4 Å². The standard InChI is InChI=1S/C23H35NO3S2/c1-17(6-5-9-23(25)24-26)29-15-13-20-19(21-10-11-22(20)27-21)12-14-28-16-18-7-3-2-4-8-18/h2-4,7-8,17,19-22,26H,5-6,9-16H2,1H3,(H,24,25). The lowest BCUT2D eigenvalue weighted by atomic mass is 9.76. The highest BCUT2D eigenvalue weighted by Gasteiger charge is 2.47. The predicted molar refractivity (Wildman–Crippen MR) is 122 cm³/mol. The number of rotatable bonds is 13. The van der Waals surface area contributed by atoms with Gasteiger partial charge in [0.05, 0.1) is 12.2 Å². The number of hydrogen-bond donors (Lipinski definition) is 2. The van der Waals surface area contributed by atoms with Gasteiger partial charge in [0.1, 0.15) is 0 Å². The number of nitrogens with one attached hydrogen (secondary N) is 1. The highest BCUT2D eigenvalue weighted by molar-refractivity contribution is 7.99. The van der Waals surface area contributed by atoms with Crippen LogP contribution >= 0.6 is 23.5 Å². The van der Waals surface area contributed by atoms with Gasteiger partial charge in [-0.3, -0.25) is 10.0 Å². The van der Waals surface area contributed by atoms with Crippen LogP contribution in [0.25, 0.3) is 0 Å². The third kappa shape index (κ3) is 7.20. The first-order chi connectivity index (χ1) is 14.2. The molecule has 162 valence electrons. The zero-order valence-electron chi connectivity index (χ0n) is 17.4. The molecule has 3 rings (SSSR count). The maximum absolute atomic E-state index is 11.1. The molecule has 6 heteroatoms. The lowest BCUT2D eigenvalue weighted by Crippen LogP contribution is -2.28. The van der Waals surface area contributed by atoms with E-state index in [0.717, 1.165) is 30.4 Å². The molecule has 2 saturated heterocycles. The largest absolute Gasteiger partial charge is 0.374 e. The Kier molecular flexibility index (Phi) is 9.70. The van der Waals surface area contributed by atoms with Crippen LogP contribution in [-0.4, -0.2) is 40.1 Å². The lowest BCUT2D eigenvalue weighted by molar-refractivity contribution is -0.129. The quantitative estimate of drug-likeness (QED) is 0.249. The first kappa shape index (κ1) is 23.0. The van der Waals surface area contributed by atoms with Crippen LogP contribution in [0.4, 0.5) is 0 Å². The lowest BCUT2D eigenvalue weighted by Gasteiger charge is -2.28. The van der Waals surface area contributed by atoms with Crippen LogP contribution < -0.4 is 5.48 Å². The van der Waals surface area contributed by atoms with E-state index in [2.05, 4.69) is 49.0 Å². The Bertz CT molecular complexity index is 615. The molecule has 29 heavy (non-hydrogen) atoms. The van der Waals surface area contributed by atoms with Crippen LogP contribution in [0.5, 0.6) is 0 Å². The van der Waals surface area contributed by atoms with Crippen LogP contribution in [0.3, 0.4) is 0 Å². The molecule has 2 aliphatic heterocycles. The minimum Gasteiger partial charge on any atom is -0.374 e. The molecule has 0 saturated carbocycles. The van der Waals surface area contributed by atoms with Crippen molar-refractivity contribution < 1.29 is 14.7 Å². The molecule has 0 spiro atoms. The first-order valence-corrected chi connectivity index (χ1v) is 13.2. The number of hydroxylamine groups is 1. The van der Waals surface area contributed by atoms with Crippen molar-refractivity contribution in [1.82, 2.24) is 5.48 Å². The number of thioether (sulfide) groups is 2. The van der Waals surface area contributed by atoms with Crippen molar-refractivity contribution in [2.24, 2.45) is 11.8 Å². The van der Waals surface area contributed by atoms with Gasteiger partial charge >= 0.3 is 0 Å². The highest BCUT2D eigenvalue weighted by atomic mass is 32.2. The first-order valence-electron chi connectivity index (χ1n) is 11.0. The molecule has 5 atom stereocenters. The molecule has 4 nitrogen and oxygen atoms in total. The average molecular weight is 438 g/mol. The SMILES string of the molecule is CC(CCCC(=O)NO)SCCC1C2CCC(O2)C1CCSCc1ccccc1. The van der Waals surface area contributed by atoms with Crippen LogP contribution in [0.15, 0.2) is 30.3 Å². The van der Waals surface area contributed by atoms with Gasteiger partial charge in [0, 0.05) is 17.4 Å². The molecule has 2 fully saturated rings. The zero-order chi connectivity index (χ0) is 20.5. The van der Waals surface area contributed by atoms with E-state index < -0.39 is 0 Å². The molecule has 0 radical (unpaired) electrons. The average Bonchev–Trinajstić information content (AvgIpc) is 3.34. The maximum atomic E-state index is 11.1. The van der Waals surface area contributed by atoms with Crippen molar-refractivity contribution in [1.29, 1.82) is 0 Å². The van der Waals surface area contributed by atoms with Crippen molar-refractivity contribution in [2.45, 2.75) is 75.1 Å². The van der Waals surface area contributed by atoms with Gasteiger partial charge in [-0.2, -0.15) is 23.5 Å². The second-order valence-electron chi connectivity index (χ2n) is 8.34. The van der Waals surface area contributed by atoms with Gasteiger partial charge in [-0.1, -0.05) is 37.3 Å². The topological polar surface area (TPSA) is 58.6 Å². The third-order valence-corrected chi connectivity index (χ3v) is 8.63. The molecular weight excluding hydrogens is 402 g/mol. The van der Waals surface area contributed by atoms with E-state index in [4.69, 9.17) is 9.94 Å². The van der Waals surface area contributed by atoms with E-state index in [1.807, 2.05) is 11.8 Å². The molecule has 2 aliphatic rings.